The number of fused-ring (bicyclic) bond motifs is 1. The van der Waals surface area contributed by atoms with Gasteiger partial charge in [0.15, 0.2) is 11.5 Å². The molecule has 0 radical (unpaired) electrons. The van der Waals surface area contributed by atoms with E-state index in [0.29, 0.717) is 21.4 Å². The Morgan fingerprint density at radius 2 is 2.04 bits per heavy atom. The lowest BCUT2D eigenvalue weighted by Gasteiger charge is -2.24. The van der Waals surface area contributed by atoms with Crippen LogP contribution in [0.1, 0.15) is 12.5 Å². The fourth-order valence-corrected chi connectivity index (χ4v) is 4.74. The van der Waals surface area contributed by atoms with Crippen LogP contribution in [-0.2, 0) is 15.6 Å². The molecule has 0 aliphatic carbocycles. The van der Waals surface area contributed by atoms with E-state index in [0.717, 1.165) is 11.3 Å². The predicted molar refractivity (Wildman–Crippen MR) is 86.7 cm³/mol. The van der Waals surface area contributed by atoms with E-state index in [4.69, 9.17) is 21.1 Å². The van der Waals surface area contributed by atoms with Crippen LogP contribution in [0.2, 0.25) is 4.34 Å². The van der Waals surface area contributed by atoms with Crippen LogP contribution >= 0.6 is 22.9 Å². The summed E-state index contributed by atoms with van der Waals surface area (Å²) >= 11 is 6.71. The van der Waals surface area contributed by atoms with Gasteiger partial charge in [-0.3, -0.25) is 0 Å². The summed E-state index contributed by atoms with van der Waals surface area (Å²) in [6.45, 7) is 1.46. The van der Waals surface area contributed by atoms with Gasteiger partial charge in [-0.05, 0) is 36.8 Å². The fraction of sp³-hybridized carbons (Fsp3) is 0.286. The van der Waals surface area contributed by atoms with Crippen molar-refractivity contribution < 1.29 is 23.0 Å². The van der Waals surface area contributed by atoms with Crippen LogP contribution < -0.4 is 14.2 Å². The molecule has 1 atom stereocenters. The Labute approximate surface area is 142 Å². The maximum absolute atomic E-state index is 12.2. The zero-order valence-corrected chi connectivity index (χ0v) is 14.5. The predicted octanol–water partition coefficient (Wildman–Crippen LogP) is 2.32. The van der Waals surface area contributed by atoms with Crippen molar-refractivity contribution in [1.82, 2.24) is 4.72 Å². The number of thiophene rings is 1. The van der Waals surface area contributed by atoms with Crippen molar-refractivity contribution in [2.75, 3.05) is 13.3 Å². The first-order valence-electron chi connectivity index (χ1n) is 6.65. The van der Waals surface area contributed by atoms with E-state index in [1.54, 1.807) is 18.2 Å². The number of rotatable bonds is 5. The van der Waals surface area contributed by atoms with Crippen molar-refractivity contribution in [2.24, 2.45) is 0 Å². The van der Waals surface area contributed by atoms with E-state index < -0.39 is 15.6 Å². The number of benzene rings is 1. The SMILES string of the molecule is C[C@](O)(CNS(=O)(=O)c1ccc(Cl)s1)c1ccc2c(c1)OCO2. The summed E-state index contributed by atoms with van der Waals surface area (Å²) in [6.07, 6.45) is 0. The minimum Gasteiger partial charge on any atom is -0.454 e. The van der Waals surface area contributed by atoms with E-state index in [9.17, 15) is 13.5 Å². The molecular weight excluding hydrogens is 362 g/mol. The van der Waals surface area contributed by atoms with Crippen LogP contribution in [0, 0.1) is 0 Å². The molecule has 6 nitrogen and oxygen atoms in total. The van der Waals surface area contributed by atoms with E-state index in [-0.39, 0.29) is 17.5 Å². The molecule has 2 aromatic rings. The van der Waals surface area contributed by atoms with Crippen LogP contribution in [0.5, 0.6) is 11.5 Å². The first-order chi connectivity index (χ1) is 10.8. The van der Waals surface area contributed by atoms with Crippen molar-refractivity contribution in [3.8, 4) is 11.5 Å². The number of aliphatic hydroxyl groups is 1. The second kappa shape index (κ2) is 5.95. The standard InChI is InChI=1S/C14H14ClNO5S2/c1-14(17,9-2-3-10-11(6-9)21-8-20-10)7-16-23(18,19)13-5-4-12(15)22-13/h2-6,16-17H,7-8H2,1H3/t14-/m0/s1. The first kappa shape index (κ1) is 16.5. The zero-order valence-electron chi connectivity index (χ0n) is 12.1. The molecule has 0 saturated carbocycles. The molecule has 124 valence electrons. The molecule has 0 saturated heterocycles. The van der Waals surface area contributed by atoms with Crippen molar-refractivity contribution in [1.29, 1.82) is 0 Å². The van der Waals surface area contributed by atoms with E-state index >= 15 is 0 Å². The summed E-state index contributed by atoms with van der Waals surface area (Å²) in [7, 11) is -3.72. The van der Waals surface area contributed by atoms with Crippen molar-refractivity contribution in [2.45, 2.75) is 16.7 Å². The minimum absolute atomic E-state index is 0.101. The summed E-state index contributed by atoms with van der Waals surface area (Å²) < 4.78 is 37.8. The molecule has 23 heavy (non-hydrogen) atoms. The zero-order chi connectivity index (χ0) is 16.7. The summed E-state index contributed by atoms with van der Waals surface area (Å²) in [5.41, 5.74) is -0.886. The highest BCUT2D eigenvalue weighted by molar-refractivity contribution is 7.91. The Morgan fingerprint density at radius 1 is 1.30 bits per heavy atom. The first-order valence-corrected chi connectivity index (χ1v) is 9.33. The number of halogens is 1. The van der Waals surface area contributed by atoms with Gasteiger partial charge in [0.25, 0.3) is 0 Å². The summed E-state index contributed by atoms with van der Waals surface area (Å²) in [5.74, 6) is 1.12. The molecule has 9 heteroatoms. The fourth-order valence-electron chi connectivity index (χ4n) is 2.08. The van der Waals surface area contributed by atoms with Crippen molar-refractivity contribution >= 4 is 33.0 Å². The maximum Gasteiger partial charge on any atom is 0.250 e. The van der Waals surface area contributed by atoms with Crippen molar-refractivity contribution in [3.63, 3.8) is 0 Å². The van der Waals surface area contributed by atoms with Gasteiger partial charge in [-0.15, -0.1) is 11.3 Å². The van der Waals surface area contributed by atoms with Gasteiger partial charge >= 0.3 is 0 Å². The Hall–Kier alpha value is -1.32. The molecule has 3 rings (SSSR count). The summed E-state index contributed by atoms with van der Waals surface area (Å²) in [5, 5.41) is 10.6. The Bertz CT molecular complexity index is 831. The Balaban J connectivity index is 1.76. The molecule has 1 aromatic carbocycles. The third-order valence-corrected chi connectivity index (χ3v) is 6.54. The third-order valence-electron chi connectivity index (χ3n) is 3.41. The largest absolute Gasteiger partial charge is 0.454 e. The number of hydrogen-bond donors (Lipinski definition) is 2. The van der Waals surface area contributed by atoms with Crippen LogP contribution in [0.4, 0.5) is 0 Å². The molecule has 1 aliphatic rings. The highest BCUT2D eigenvalue weighted by Gasteiger charge is 2.28. The molecule has 1 aliphatic heterocycles. The second-order valence-corrected chi connectivity index (χ2v) is 8.93. The van der Waals surface area contributed by atoms with Crippen LogP contribution in [0.15, 0.2) is 34.5 Å². The highest BCUT2D eigenvalue weighted by atomic mass is 35.5. The van der Waals surface area contributed by atoms with Gasteiger partial charge in [0.05, 0.1) is 4.34 Å². The maximum atomic E-state index is 12.2. The number of sulfonamides is 1. The van der Waals surface area contributed by atoms with Gasteiger partial charge in [-0.25, -0.2) is 13.1 Å². The van der Waals surface area contributed by atoms with Gasteiger partial charge in [0.1, 0.15) is 9.81 Å². The highest BCUT2D eigenvalue weighted by Crippen LogP contribution is 2.35. The second-order valence-electron chi connectivity index (χ2n) is 5.22. The quantitative estimate of drug-likeness (QED) is 0.837. The summed E-state index contributed by atoms with van der Waals surface area (Å²) in [6, 6.07) is 7.92. The molecule has 0 bridgehead atoms. The smallest absolute Gasteiger partial charge is 0.250 e. The van der Waals surface area contributed by atoms with E-state index in [2.05, 4.69) is 4.72 Å². The van der Waals surface area contributed by atoms with Crippen molar-refractivity contribution in [3.05, 3.63) is 40.2 Å². The van der Waals surface area contributed by atoms with Gasteiger partial charge in [-0.2, -0.15) is 0 Å². The molecule has 2 N–H and O–H groups in total. The van der Waals surface area contributed by atoms with Gasteiger partial charge in [0, 0.05) is 6.54 Å². The Morgan fingerprint density at radius 3 is 2.74 bits per heavy atom. The lowest BCUT2D eigenvalue weighted by molar-refractivity contribution is 0.0625. The average Bonchev–Trinajstić information content (AvgIpc) is 3.13. The molecule has 0 fully saturated rings. The van der Waals surface area contributed by atoms with Gasteiger partial charge in [0.2, 0.25) is 16.8 Å². The monoisotopic (exact) mass is 375 g/mol. The topological polar surface area (TPSA) is 84.9 Å². The summed E-state index contributed by atoms with van der Waals surface area (Å²) in [4.78, 5) is 0. The lowest BCUT2D eigenvalue weighted by Crippen LogP contribution is -2.38. The lowest BCUT2D eigenvalue weighted by atomic mass is 9.96. The molecule has 1 aromatic heterocycles. The van der Waals surface area contributed by atoms with Crippen LogP contribution in [0.25, 0.3) is 0 Å². The molecular formula is C14H14ClNO5S2. The normalized spacial score (nSPS) is 16.3. The molecule has 0 unspecified atom stereocenters. The van der Waals surface area contributed by atoms with E-state index in [1.807, 2.05) is 0 Å². The third kappa shape index (κ3) is 3.46. The minimum atomic E-state index is -3.72. The Kier molecular flexibility index (Phi) is 4.28. The molecule has 0 spiro atoms. The molecule has 2 heterocycles. The van der Waals surface area contributed by atoms with Gasteiger partial charge in [-0.1, -0.05) is 17.7 Å². The van der Waals surface area contributed by atoms with Gasteiger partial charge < -0.3 is 14.6 Å². The number of hydrogen-bond acceptors (Lipinski definition) is 6. The average molecular weight is 376 g/mol. The van der Waals surface area contributed by atoms with E-state index in [1.165, 1.54) is 19.1 Å². The number of ether oxygens (including phenoxy) is 2. The molecule has 0 amide bonds. The number of nitrogens with one attached hydrogen (secondary N) is 1. The van der Waals surface area contributed by atoms with Crippen LogP contribution in [-0.4, -0.2) is 26.9 Å². The van der Waals surface area contributed by atoms with Crippen LogP contribution in [0.3, 0.4) is 0 Å².